The second-order valence-corrected chi connectivity index (χ2v) is 2.93. The van der Waals surface area contributed by atoms with E-state index < -0.39 is 0 Å². The van der Waals surface area contributed by atoms with E-state index in [0.717, 1.165) is 17.0 Å². The minimum Gasteiger partial charge on any atom is -0.298 e. The van der Waals surface area contributed by atoms with Crippen molar-refractivity contribution in [2.24, 2.45) is 0 Å². The number of nitrogens with zero attached hydrogens (tertiary/aromatic N) is 4. The van der Waals surface area contributed by atoms with Gasteiger partial charge in [-0.1, -0.05) is 6.07 Å². The molecule has 14 heavy (non-hydrogen) atoms. The minimum absolute atomic E-state index is 0.795. The van der Waals surface area contributed by atoms with Gasteiger partial charge < -0.3 is 0 Å². The molecule has 0 saturated heterocycles. The molecule has 0 aliphatic rings. The monoisotopic (exact) mass is 185 g/mol. The Morgan fingerprint density at radius 1 is 1.21 bits per heavy atom. The first-order chi connectivity index (χ1) is 6.95. The van der Waals surface area contributed by atoms with Crippen LogP contribution < -0.4 is 0 Å². The first kappa shape index (κ1) is 7.25. The van der Waals surface area contributed by atoms with Crippen LogP contribution in [0.4, 0.5) is 0 Å². The second-order valence-electron chi connectivity index (χ2n) is 2.93. The summed E-state index contributed by atoms with van der Waals surface area (Å²) in [7, 11) is 0. The summed E-state index contributed by atoms with van der Waals surface area (Å²) in [5, 5.41) is 10.4. The molecule has 0 radical (unpaired) electrons. The zero-order valence-corrected chi connectivity index (χ0v) is 7.25. The van der Waals surface area contributed by atoms with Gasteiger partial charge in [0.2, 0.25) is 0 Å². The van der Waals surface area contributed by atoms with Gasteiger partial charge in [-0.3, -0.25) is 4.40 Å². The van der Waals surface area contributed by atoms with E-state index in [2.05, 4.69) is 20.4 Å². The lowest BCUT2D eigenvalue weighted by Crippen LogP contribution is -1.86. The van der Waals surface area contributed by atoms with E-state index in [4.69, 9.17) is 0 Å². The summed E-state index contributed by atoms with van der Waals surface area (Å²) in [4.78, 5) is 4.26. The quantitative estimate of drug-likeness (QED) is 0.618. The summed E-state index contributed by atoms with van der Waals surface area (Å²) in [6, 6.07) is 5.86. The highest BCUT2D eigenvalue weighted by Crippen LogP contribution is 2.16. The number of fused-ring (bicyclic) bond motifs is 1. The maximum atomic E-state index is 4.26. The molecule has 0 spiro atoms. The average Bonchev–Trinajstić information content (AvgIpc) is 2.85. The standard InChI is InChI=1S/C9H7N5/c1-2-4-14-8(6-10-9(14)3-1)7-5-11-13-12-7/h1-6H,(H,11,12,13). The van der Waals surface area contributed by atoms with E-state index in [0.29, 0.717) is 0 Å². The van der Waals surface area contributed by atoms with Gasteiger partial charge in [-0.25, -0.2) is 4.98 Å². The van der Waals surface area contributed by atoms with Crippen molar-refractivity contribution in [2.75, 3.05) is 0 Å². The van der Waals surface area contributed by atoms with Crippen molar-refractivity contribution in [1.29, 1.82) is 0 Å². The van der Waals surface area contributed by atoms with E-state index in [9.17, 15) is 0 Å². The minimum atomic E-state index is 0.795. The number of hydrogen-bond acceptors (Lipinski definition) is 3. The molecule has 0 saturated carbocycles. The summed E-state index contributed by atoms with van der Waals surface area (Å²) in [6.45, 7) is 0. The summed E-state index contributed by atoms with van der Waals surface area (Å²) in [6.07, 6.45) is 5.41. The van der Waals surface area contributed by atoms with Crippen LogP contribution in [0.3, 0.4) is 0 Å². The molecule has 1 N–H and O–H groups in total. The molecule has 0 amide bonds. The SMILES string of the molecule is c1ccn2c(-c3cn[nH]n3)cnc2c1. The molecular weight excluding hydrogens is 178 g/mol. The van der Waals surface area contributed by atoms with Gasteiger partial charge in [0.05, 0.1) is 18.1 Å². The Morgan fingerprint density at radius 3 is 3.07 bits per heavy atom. The third-order valence-electron chi connectivity index (χ3n) is 2.09. The van der Waals surface area contributed by atoms with Crippen LogP contribution >= 0.6 is 0 Å². The summed E-state index contributed by atoms with van der Waals surface area (Å²) in [5.74, 6) is 0. The topological polar surface area (TPSA) is 58.9 Å². The number of imidazole rings is 1. The lowest BCUT2D eigenvalue weighted by molar-refractivity contribution is 0.940. The fraction of sp³-hybridized carbons (Fsp3) is 0. The van der Waals surface area contributed by atoms with Gasteiger partial charge >= 0.3 is 0 Å². The first-order valence-electron chi connectivity index (χ1n) is 4.23. The zero-order valence-electron chi connectivity index (χ0n) is 7.25. The van der Waals surface area contributed by atoms with Gasteiger partial charge in [-0.15, -0.1) is 0 Å². The third kappa shape index (κ3) is 0.922. The maximum absolute atomic E-state index is 4.26. The zero-order chi connectivity index (χ0) is 9.38. The lowest BCUT2D eigenvalue weighted by Gasteiger charge is -1.95. The Balaban J connectivity index is 2.33. The van der Waals surface area contributed by atoms with E-state index in [1.54, 1.807) is 12.4 Å². The van der Waals surface area contributed by atoms with Gasteiger partial charge in [-0.2, -0.15) is 15.4 Å². The van der Waals surface area contributed by atoms with Gasteiger partial charge in [-0.05, 0) is 12.1 Å². The Kier molecular flexibility index (Phi) is 1.38. The van der Waals surface area contributed by atoms with Crippen molar-refractivity contribution in [2.45, 2.75) is 0 Å². The van der Waals surface area contributed by atoms with Crippen LogP contribution in [0.15, 0.2) is 36.8 Å². The predicted molar refractivity (Wildman–Crippen MR) is 50.6 cm³/mol. The number of hydrogen-bond donors (Lipinski definition) is 1. The van der Waals surface area contributed by atoms with Crippen molar-refractivity contribution >= 4 is 5.65 Å². The second kappa shape index (κ2) is 2.66. The molecule has 0 atom stereocenters. The molecule has 3 aromatic rings. The fourth-order valence-electron chi connectivity index (χ4n) is 1.45. The van der Waals surface area contributed by atoms with Gasteiger partial charge in [0.25, 0.3) is 0 Å². The molecule has 0 aliphatic heterocycles. The fourth-order valence-corrected chi connectivity index (χ4v) is 1.45. The normalized spacial score (nSPS) is 10.9. The molecule has 0 fully saturated rings. The van der Waals surface area contributed by atoms with Crippen molar-refractivity contribution in [3.8, 4) is 11.4 Å². The third-order valence-corrected chi connectivity index (χ3v) is 2.09. The highest BCUT2D eigenvalue weighted by atomic mass is 15.3. The van der Waals surface area contributed by atoms with E-state index >= 15 is 0 Å². The molecular formula is C9H7N5. The number of H-pyrrole nitrogens is 1. The molecule has 0 bridgehead atoms. The molecule has 0 unspecified atom stereocenters. The van der Waals surface area contributed by atoms with Gasteiger partial charge in [0.1, 0.15) is 11.3 Å². The van der Waals surface area contributed by atoms with Gasteiger partial charge in [0, 0.05) is 6.20 Å². The first-order valence-corrected chi connectivity index (χ1v) is 4.23. The Bertz CT molecular complexity index is 551. The summed E-state index contributed by atoms with van der Waals surface area (Å²) in [5.41, 5.74) is 2.64. The molecule has 0 aliphatic carbocycles. The smallest absolute Gasteiger partial charge is 0.137 e. The molecule has 68 valence electrons. The van der Waals surface area contributed by atoms with Crippen molar-refractivity contribution < 1.29 is 0 Å². The van der Waals surface area contributed by atoms with Crippen molar-refractivity contribution in [1.82, 2.24) is 24.8 Å². The molecule has 3 rings (SSSR count). The van der Waals surface area contributed by atoms with Crippen LogP contribution in [0, 0.1) is 0 Å². The molecule has 5 heteroatoms. The Morgan fingerprint density at radius 2 is 2.21 bits per heavy atom. The average molecular weight is 185 g/mol. The Hall–Kier alpha value is -2.17. The largest absolute Gasteiger partial charge is 0.298 e. The number of nitrogens with one attached hydrogen (secondary N) is 1. The number of aromatic amines is 1. The van der Waals surface area contributed by atoms with Crippen LogP contribution in [-0.2, 0) is 0 Å². The Labute approximate surface area is 79.4 Å². The van der Waals surface area contributed by atoms with E-state index in [1.807, 2.05) is 28.8 Å². The maximum Gasteiger partial charge on any atom is 0.137 e. The van der Waals surface area contributed by atoms with Crippen molar-refractivity contribution in [3.63, 3.8) is 0 Å². The van der Waals surface area contributed by atoms with Crippen LogP contribution in [0.25, 0.3) is 17.0 Å². The van der Waals surface area contributed by atoms with Crippen molar-refractivity contribution in [3.05, 3.63) is 36.8 Å². The number of aromatic nitrogens is 5. The van der Waals surface area contributed by atoms with E-state index in [-0.39, 0.29) is 0 Å². The molecule has 3 aromatic heterocycles. The lowest BCUT2D eigenvalue weighted by atomic mass is 10.3. The molecule has 5 nitrogen and oxygen atoms in total. The number of pyridine rings is 1. The van der Waals surface area contributed by atoms with Crippen LogP contribution in [0.2, 0.25) is 0 Å². The summed E-state index contributed by atoms with van der Waals surface area (Å²) >= 11 is 0. The molecule has 0 aromatic carbocycles. The predicted octanol–water partition coefficient (Wildman–Crippen LogP) is 1.12. The number of rotatable bonds is 1. The molecule has 3 heterocycles. The van der Waals surface area contributed by atoms with Gasteiger partial charge in [0.15, 0.2) is 0 Å². The highest BCUT2D eigenvalue weighted by Gasteiger charge is 2.06. The van der Waals surface area contributed by atoms with Crippen LogP contribution in [0.1, 0.15) is 0 Å². The summed E-state index contributed by atoms with van der Waals surface area (Å²) < 4.78 is 1.97. The highest BCUT2D eigenvalue weighted by molar-refractivity contribution is 5.58. The van der Waals surface area contributed by atoms with Crippen LogP contribution in [0.5, 0.6) is 0 Å². The van der Waals surface area contributed by atoms with E-state index in [1.165, 1.54) is 0 Å². The van der Waals surface area contributed by atoms with Crippen LogP contribution in [-0.4, -0.2) is 24.8 Å².